The van der Waals surface area contributed by atoms with Gasteiger partial charge in [-0.3, -0.25) is 0 Å². The van der Waals surface area contributed by atoms with Crippen LogP contribution in [-0.2, 0) is 0 Å². The number of thioether (sulfide) groups is 1. The molecule has 0 radical (unpaired) electrons. The number of urea groups is 1. The molecule has 25 heavy (non-hydrogen) atoms. The maximum absolute atomic E-state index is 12.7. The van der Waals surface area contributed by atoms with Gasteiger partial charge in [-0.2, -0.15) is 8.78 Å². The second-order valence-corrected chi connectivity index (χ2v) is 7.12. The Morgan fingerprint density at radius 1 is 1.20 bits per heavy atom. The molecule has 2 aromatic rings. The van der Waals surface area contributed by atoms with Crippen molar-refractivity contribution >= 4 is 35.1 Å². The summed E-state index contributed by atoms with van der Waals surface area (Å²) in [4.78, 5) is 14.8. The van der Waals surface area contributed by atoms with E-state index in [1.807, 2.05) is 18.2 Å². The van der Waals surface area contributed by atoms with Gasteiger partial charge in [0.15, 0.2) is 0 Å². The average Bonchev–Trinajstić information content (AvgIpc) is 3.06. The zero-order chi connectivity index (χ0) is 17.8. The van der Waals surface area contributed by atoms with Gasteiger partial charge in [0.05, 0.1) is 11.7 Å². The lowest BCUT2D eigenvalue weighted by Crippen LogP contribution is -2.34. The number of hydrogen-bond acceptors (Lipinski definition) is 2. The summed E-state index contributed by atoms with van der Waals surface area (Å²) < 4.78 is 25.4. The fourth-order valence-electron chi connectivity index (χ4n) is 3.03. The lowest BCUT2D eigenvalue weighted by Gasteiger charge is -2.26. The lowest BCUT2D eigenvalue weighted by molar-refractivity contribution is 0.207. The fourth-order valence-corrected chi connectivity index (χ4v) is 3.89. The van der Waals surface area contributed by atoms with Crippen molar-refractivity contribution in [3.63, 3.8) is 0 Å². The van der Waals surface area contributed by atoms with Gasteiger partial charge in [-0.15, -0.1) is 0 Å². The number of nitrogens with one attached hydrogen (secondary N) is 1. The Morgan fingerprint density at radius 3 is 2.68 bits per heavy atom. The van der Waals surface area contributed by atoms with Crippen LogP contribution in [0.4, 0.5) is 19.3 Å². The predicted octanol–water partition coefficient (Wildman–Crippen LogP) is 6.02. The first-order valence-corrected chi connectivity index (χ1v) is 9.18. The van der Waals surface area contributed by atoms with Crippen LogP contribution >= 0.6 is 23.4 Å². The Hall–Kier alpha value is -1.79. The summed E-state index contributed by atoms with van der Waals surface area (Å²) in [6.45, 7) is 0.603. The molecule has 1 saturated heterocycles. The highest BCUT2D eigenvalue weighted by molar-refractivity contribution is 7.99. The molecule has 1 atom stereocenters. The number of halogens is 3. The number of alkyl halides is 2. The Morgan fingerprint density at radius 2 is 1.92 bits per heavy atom. The first-order valence-electron chi connectivity index (χ1n) is 7.92. The minimum Gasteiger partial charge on any atom is -0.317 e. The first-order chi connectivity index (χ1) is 12.1. The average molecular weight is 383 g/mol. The number of benzene rings is 2. The number of anilines is 1. The molecule has 2 amide bonds. The van der Waals surface area contributed by atoms with E-state index in [0.717, 1.165) is 18.4 Å². The summed E-state index contributed by atoms with van der Waals surface area (Å²) in [5.74, 6) is -2.54. The van der Waals surface area contributed by atoms with Crippen LogP contribution in [0.5, 0.6) is 0 Å². The molecule has 0 spiro atoms. The molecule has 1 aliphatic heterocycles. The quantitative estimate of drug-likeness (QED) is 0.655. The third-order valence-electron chi connectivity index (χ3n) is 4.12. The molecule has 2 aromatic carbocycles. The summed E-state index contributed by atoms with van der Waals surface area (Å²) in [5, 5.41) is 3.39. The van der Waals surface area contributed by atoms with Crippen molar-refractivity contribution < 1.29 is 13.6 Å². The molecule has 1 fully saturated rings. The zero-order valence-corrected chi connectivity index (χ0v) is 14.9. The van der Waals surface area contributed by atoms with Gasteiger partial charge >= 0.3 is 6.03 Å². The summed E-state index contributed by atoms with van der Waals surface area (Å²) in [6.07, 6.45) is 1.70. The molecular formula is C18H17ClF2N2OS. The van der Waals surface area contributed by atoms with Gasteiger partial charge in [0.1, 0.15) is 0 Å². The van der Waals surface area contributed by atoms with E-state index in [1.54, 1.807) is 35.2 Å². The number of carbonyl (C=O) groups excluding carboxylic acids is 1. The Bertz CT molecular complexity index is 759. The van der Waals surface area contributed by atoms with E-state index < -0.39 is 5.76 Å². The van der Waals surface area contributed by atoms with Crippen molar-refractivity contribution in [2.24, 2.45) is 0 Å². The van der Waals surface area contributed by atoms with Crippen LogP contribution in [0.25, 0.3) is 0 Å². The smallest absolute Gasteiger partial charge is 0.317 e. The topological polar surface area (TPSA) is 32.3 Å². The summed E-state index contributed by atoms with van der Waals surface area (Å²) in [5.41, 5.74) is 1.30. The molecule has 1 aliphatic rings. The number of likely N-dealkylation sites (tertiary alicyclic amines) is 1. The van der Waals surface area contributed by atoms with Gasteiger partial charge in [-0.05, 0) is 36.6 Å². The molecule has 0 aliphatic carbocycles. The standard InChI is InChI=1S/C18H17ClF2N2OS/c19-13-7-2-1-6-12(13)15-9-5-11-23(15)18(24)22-14-8-3-4-10-16(14)25-17(20)21/h1-4,6-8,10,15,17H,5,9,11H2,(H,22,24). The Labute approximate surface area is 154 Å². The monoisotopic (exact) mass is 382 g/mol. The summed E-state index contributed by atoms with van der Waals surface area (Å²) in [6, 6.07) is 13.6. The molecule has 0 bridgehead atoms. The highest BCUT2D eigenvalue weighted by Crippen LogP contribution is 2.37. The van der Waals surface area contributed by atoms with Crippen LogP contribution < -0.4 is 5.32 Å². The van der Waals surface area contributed by atoms with E-state index in [4.69, 9.17) is 11.6 Å². The molecule has 1 N–H and O–H groups in total. The minimum atomic E-state index is -2.54. The zero-order valence-electron chi connectivity index (χ0n) is 13.3. The van der Waals surface area contributed by atoms with Crippen molar-refractivity contribution in [2.75, 3.05) is 11.9 Å². The van der Waals surface area contributed by atoms with Crippen LogP contribution in [0, 0.1) is 0 Å². The fraction of sp³-hybridized carbons (Fsp3) is 0.278. The maximum atomic E-state index is 12.7. The van der Waals surface area contributed by atoms with E-state index in [-0.39, 0.29) is 12.1 Å². The van der Waals surface area contributed by atoms with Crippen LogP contribution in [0.1, 0.15) is 24.4 Å². The number of nitrogens with zero attached hydrogens (tertiary/aromatic N) is 1. The van der Waals surface area contributed by atoms with E-state index in [9.17, 15) is 13.6 Å². The van der Waals surface area contributed by atoms with Crippen LogP contribution in [0.15, 0.2) is 53.4 Å². The van der Waals surface area contributed by atoms with Gasteiger partial charge in [0.25, 0.3) is 5.76 Å². The minimum absolute atomic E-state index is 0.108. The molecule has 1 unspecified atom stereocenters. The number of rotatable bonds is 4. The SMILES string of the molecule is O=C(Nc1ccccc1SC(F)F)N1CCCC1c1ccccc1Cl. The van der Waals surface area contributed by atoms with E-state index in [1.165, 1.54) is 0 Å². The number of carbonyl (C=O) groups is 1. The van der Waals surface area contributed by atoms with Gasteiger partial charge in [0, 0.05) is 16.5 Å². The van der Waals surface area contributed by atoms with Gasteiger partial charge in [-0.1, -0.05) is 53.7 Å². The Kier molecular flexibility index (Phi) is 5.81. The second-order valence-electron chi connectivity index (χ2n) is 5.68. The van der Waals surface area contributed by atoms with Gasteiger partial charge in [0.2, 0.25) is 0 Å². The number of para-hydroxylation sites is 1. The Balaban J connectivity index is 1.78. The van der Waals surface area contributed by atoms with Gasteiger partial charge in [-0.25, -0.2) is 4.79 Å². The van der Waals surface area contributed by atoms with Crippen molar-refractivity contribution in [2.45, 2.75) is 29.5 Å². The molecule has 3 rings (SSSR count). The normalized spacial score (nSPS) is 17.1. The van der Waals surface area contributed by atoms with Crippen LogP contribution in [0.3, 0.4) is 0 Å². The third kappa shape index (κ3) is 4.25. The van der Waals surface area contributed by atoms with Crippen LogP contribution in [-0.4, -0.2) is 23.2 Å². The molecule has 1 heterocycles. The first kappa shape index (κ1) is 18.0. The molecule has 0 saturated carbocycles. The van der Waals surface area contributed by atoms with Gasteiger partial charge < -0.3 is 10.2 Å². The molecule has 132 valence electrons. The molecule has 0 aromatic heterocycles. The van der Waals surface area contributed by atoms with Crippen molar-refractivity contribution in [1.82, 2.24) is 4.90 Å². The second kappa shape index (κ2) is 8.06. The molecule has 3 nitrogen and oxygen atoms in total. The van der Waals surface area contributed by atoms with E-state index in [2.05, 4.69) is 5.32 Å². The maximum Gasteiger partial charge on any atom is 0.322 e. The van der Waals surface area contributed by atoms with E-state index >= 15 is 0 Å². The number of hydrogen-bond donors (Lipinski definition) is 1. The lowest BCUT2D eigenvalue weighted by atomic mass is 10.0. The highest BCUT2D eigenvalue weighted by atomic mass is 35.5. The summed E-state index contributed by atoms with van der Waals surface area (Å²) >= 11 is 6.69. The summed E-state index contributed by atoms with van der Waals surface area (Å²) in [7, 11) is 0. The molecular weight excluding hydrogens is 366 g/mol. The van der Waals surface area contributed by atoms with E-state index in [0.29, 0.717) is 33.9 Å². The van der Waals surface area contributed by atoms with Crippen molar-refractivity contribution in [3.05, 3.63) is 59.1 Å². The molecule has 7 heteroatoms. The van der Waals surface area contributed by atoms with Crippen LogP contribution in [0.2, 0.25) is 5.02 Å². The van der Waals surface area contributed by atoms with Crippen molar-refractivity contribution in [1.29, 1.82) is 0 Å². The van der Waals surface area contributed by atoms with Crippen molar-refractivity contribution in [3.8, 4) is 0 Å². The predicted molar refractivity (Wildman–Crippen MR) is 97.5 cm³/mol. The largest absolute Gasteiger partial charge is 0.322 e. The number of amides is 2. The third-order valence-corrected chi connectivity index (χ3v) is 5.25. The highest BCUT2D eigenvalue weighted by Gasteiger charge is 2.31.